The molecule has 0 saturated heterocycles. The van der Waals surface area contributed by atoms with Gasteiger partial charge in [-0.3, -0.25) is 0 Å². The Labute approximate surface area is 194 Å². The van der Waals surface area contributed by atoms with Crippen LogP contribution < -0.4 is 0 Å². The maximum Gasteiger partial charge on any atom is 0.0763 e. The summed E-state index contributed by atoms with van der Waals surface area (Å²) in [4.78, 5) is 0. The highest BCUT2D eigenvalue weighted by Crippen LogP contribution is 2.69. The fourth-order valence-corrected chi connectivity index (χ4v) is 9.49. The van der Waals surface area contributed by atoms with E-state index in [1.807, 2.05) is 0 Å². The van der Waals surface area contributed by atoms with Crippen LogP contribution in [0, 0.1) is 46.3 Å². The Hall–Kier alpha value is -0.200. The van der Waals surface area contributed by atoms with Crippen LogP contribution in [0.4, 0.5) is 0 Å². The van der Waals surface area contributed by atoms with Gasteiger partial charge in [0.1, 0.15) is 0 Å². The highest BCUT2D eigenvalue weighted by atomic mass is 16.3. The number of hydrogen-bond donors (Lipinski definition) is 5. The fourth-order valence-electron chi connectivity index (χ4n) is 9.49. The molecule has 5 nitrogen and oxygen atoms in total. The number of hydrogen-bond acceptors (Lipinski definition) is 5. The monoisotopic (exact) mass is 452 g/mol. The van der Waals surface area contributed by atoms with Gasteiger partial charge < -0.3 is 25.5 Å². The van der Waals surface area contributed by atoms with Gasteiger partial charge in [-0.25, -0.2) is 0 Å². The molecule has 186 valence electrons. The van der Waals surface area contributed by atoms with Crippen LogP contribution in [-0.2, 0) is 0 Å². The molecule has 5 N–H and O–H groups in total. The zero-order valence-corrected chi connectivity index (χ0v) is 20.7. The summed E-state index contributed by atoms with van der Waals surface area (Å²) in [7, 11) is 0. The van der Waals surface area contributed by atoms with Gasteiger partial charge in [-0.15, -0.1) is 0 Å². The molecule has 5 heteroatoms. The fraction of sp³-hybridized carbons (Fsp3) is 1.00. The Bertz CT molecular complexity index is 670. The van der Waals surface area contributed by atoms with Crippen molar-refractivity contribution in [3.8, 4) is 0 Å². The molecule has 0 heterocycles. The topological polar surface area (TPSA) is 101 Å². The molecule has 4 aliphatic rings. The van der Waals surface area contributed by atoms with E-state index in [9.17, 15) is 25.5 Å². The van der Waals surface area contributed by atoms with Gasteiger partial charge in [0.25, 0.3) is 0 Å². The molecule has 4 saturated carbocycles. The third kappa shape index (κ3) is 3.79. The average molecular weight is 453 g/mol. The predicted molar refractivity (Wildman–Crippen MR) is 125 cm³/mol. The summed E-state index contributed by atoms with van der Waals surface area (Å²) in [5, 5.41) is 54.4. The van der Waals surface area contributed by atoms with Crippen molar-refractivity contribution in [2.45, 2.75) is 116 Å². The number of rotatable bonds is 6. The number of aliphatic hydroxyl groups is 5. The highest BCUT2D eigenvalue weighted by Gasteiger charge is 2.70. The summed E-state index contributed by atoms with van der Waals surface area (Å²) in [6.45, 7) is 9.16. The van der Waals surface area contributed by atoms with Crippen LogP contribution in [0.2, 0.25) is 0 Å². The van der Waals surface area contributed by atoms with Gasteiger partial charge in [0.2, 0.25) is 0 Å². The molecule has 3 unspecified atom stereocenters. The number of fused-ring (bicyclic) bond motifs is 5. The Kier molecular flexibility index (Phi) is 6.84. The molecule has 4 rings (SSSR count). The van der Waals surface area contributed by atoms with E-state index < -0.39 is 17.8 Å². The van der Waals surface area contributed by atoms with E-state index in [1.165, 1.54) is 0 Å². The summed E-state index contributed by atoms with van der Waals surface area (Å²) in [6.07, 6.45) is 6.93. The van der Waals surface area contributed by atoms with E-state index in [4.69, 9.17) is 0 Å². The molecule has 32 heavy (non-hydrogen) atoms. The molecule has 4 aliphatic carbocycles. The maximum absolute atomic E-state index is 12.3. The molecule has 0 aromatic heterocycles. The van der Waals surface area contributed by atoms with Crippen molar-refractivity contribution in [3.63, 3.8) is 0 Å². The van der Waals surface area contributed by atoms with E-state index in [-0.39, 0.29) is 41.3 Å². The molecule has 0 aliphatic heterocycles. The first-order valence-corrected chi connectivity index (χ1v) is 13.3. The normalized spacial score (nSPS) is 52.6. The van der Waals surface area contributed by atoms with E-state index in [0.717, 1.165) is 51.4 Å². The minimum Gasteiger partial charge on any atom is -0.396 e. The van der Waals surface area contributed by atoms with Crippen LogP contribution in [0.5, 0.6) is 0 Å². The van der Waals surface area contributed by atoms with Crippen LogP contribution >= 0.6 is 0 Å². The van der Waals surface area contributed by atoms with Crippen molar-refractivity contribution in [2.24, 2.45) is 46.3 Å². The molecule has 12 atom stereocenters. The molecular formula is C27H48O5. The Morgan fingerprint density at radius 3 is 2.28 bits per heavy atom. The van der Waals surface area contributed by atoms with Crippen LogP contribution in [0.3, 0.4) is 0 Å². The molecule has 0 aromatic carbocycles. The minimum atomic E-state index is -1.04. The van der Waals surface area contributed by atoms with E-state index >= 15 is 0 Å². The summed E-state index contributed by atoms with van der Waals surface area (Å²) in [6, 6.07) is 0. The van der Waals surface area contributed by atoms with Crippen LogP contribution in [-0.4, -0.2) is 56.1 Å². The summed E-state index contributed by atoms with van der Waals surface area (Å²) in [5.41, 5.74) is -1.35. The van der Waals surface area contributed by atoms with Crippen LogP contribution in [0.15, 0.2) is 0 Å². The summed E-state index contributed by atoms with van der Waals surface area (Å²) in [5.74, 6) is 1.07. The lowest BCUT2D eigenvalue weighted by Crippen LogP contribution is -2.68. The Morgan fingerprint density at radius 1 is 0.906 bits per heavy atom. The van der Waals surface area contributed by atoms with Crippen molar-refractivity contribution in [1.29, 1.82) is 0 Å². The molecule has 0 amide bonds. The predicted octanol–water partition coefficient (Wildman–Crippen LogP) is 3.50. The van der Waals surface area contributed by atoms with Crippen LogP contribution in [0.1, 0.15) is 91.9 Å². The number of aliphatic hydroxyl groups excluding tert-OH is 4. The SMILES string of the molecule is CC(CO)CCC[C@@H](C)[C@H]1CC(O)[C@@H]2[C@]1(C)CC[C@@H]1[C@@]3(C)CC[C@H](O)C[C@@H]3C(O)C[C@]12O. The smallest absolute Gasteiger partial charge is 0.0763 e. The highest BCUT2D eigenvalue weighted by molar-refractivity contribution is 5.20. The first kappa shape index (κ1) is 24.9. The van der Waals surface area contributed by atoms with E-state index in [0.29, 0.717) is 30.6 Å². The van der Waals surface area contributed by atoms with Crippen molar-refractivity contribution in [3.05, 3.63) is 0 Å². The molecule has 0 bridgehead atoms. The Balaban J connectivity index is 1.57. The van der Waals surface area contributed by atoms with Crippen molar-refractivity contribution in [1.82, 2.24) is 0 Å². The zero-order chi connectivity index (χ0) is 23.5. The molecular weight excluding hydrogens is 404 g/mol. The van der Waals surface area contributed by atoms with E-state index in [1.54, 1.807) is 0 Å². The van der Waals surface area contributed by atoms with Gasteiger partial charge in [-0.05, 0) is 85.4 Å². The second-order valence-corrected chi connectivity index (χ2v) is 13.0. The summed E-state index contributed by atoms with van der Waals surface area (Å²) < 4.78 is 0. The first-order valence-electron chi connectivity index (χ1n) is 13.3. The Morgan fingerprint density at radius 2 is 1.59 bits per heavy atom. The van der Waals surface area contributed by atoms with Crippen molar-refractivity contribution >= 4 is 0 Å². The lowest BCUT2D eigenvalue weighted by atomic mass is 9.42. The lowest BCUT2D eigenvalue weighted by molar-refractivity contribution is -0.263. The van der Waals surface area contributed by atoms with Gasteiger partial charge in [-0.1, -0.05) is 40.5 Å². The summed E-state index contributed by atoms with van der Waals surface area (Å²) >= 11 is 0. The van der Waals surface area contributed by atoms with Crippen LogP contribution in [0.25, 0.3) is 0 Å². The largest absolute Gasteiger partial charge is 0.396 e. The van der Waals surface area contributed by atoms with Crippen molar-refractivity contribution in [2.75, 3.05) is 6.61 Å². The lowest BCUT2D eigenvalue weighted by Gasteiger charge is -2.66. The molecule has 0 spiro atoms. The third-order valence-corrected chi connectivity index (χ3v) is 11.1. The standard InChI is InChI=1S/C27H48O5/c1-16(15-28)6-5-7-17(2)19-13-21(30)24-26(19,4)11-9-23-25(3)10-8-18(29)12-20(25)22(31)14-27(23,24)32/h16-24,28-32H,5-15H2,1-4H3/t16?,17-,18+,19-,20-,21?,22?,23-,24-,25+,26-,27+/m1/s1. The van der Waals surface area contributed by atoms with Gasteiger partial charge in [0.15, 0.2) is 0 Å². The quantitative estimate of drug-likeness (QED) is 0.425. The third-order valence-electron chi connectivity index (χ3n) is 11.1. The van der Waals surface area contributed by atoms with E-state index in [2.05, 4.69) is 27.7 Å². The van der Waals surface area contributed by atoms with Gasteiger partial charge >= 0.3 is 0 Å². The van der Waals surface area contributed by atoms with Gasteiger partial charge in [0.05, 0.1) is 23.9 Å². The zero-order valence-electron chi connectivity index (χ0n) is 20.7. The molecule has 0 radical (unpaired) electrons. The molecule has 0 aromatic rings. The van der Waals surface area contributed by atoms with Gasteiger partial charge in [-0.2, -0.15) is 0 Å². The molecule has 4 fully saturated rings. The minimum absolute atomic E-state index is 0.0302. The van der Waals surface area contributed by atoms with Gasteiger partial charge in [0, 0.05) is 18.9 Å². The maximum atomic E-state index is 12.3. The second kappa shape index (κ2) is 8.78. The second-order valence-electron chi connectivity index (χ2n) is 13.0. The van der Waals surface area contributed by atoms with Crippen molar-refractivity contribution < 1.29 is 25.5 Å². The first-order chi connectivity index (χ1) is 15.0. The average Bonchev–Trinajstić information content (AvgIpc) is 3.00.